The highest BCUT2D eigenvalue weighted by Gasteiger charge is 2.17. The second-order valence-electron chi connectivity index (χ2n) is 4.69. The molecule has 1 aromatic heterocycles. The maximum atomic E-state index is 10.7. The quantitative estimate of drug-likeness (QED) is 0.258. The second-order valence-corrected chi connectivity index (χ2v) is 4.69. The molecule has 9 nitrogen and oxygen atoms in total. The third-order valence-corrected chi connectivity index (χ3v) is 3.28. The first kappa shape index (κ1) is 15.0. The van der Waals surface area contributed by atoms with Gasteiger partial charge in [0, 0.05) is 12.6 Å². The van der Waals surface area contributed by atoms with Gasteiger partial charge in [0.15, 0.2) is 5.84 Å². The molecule has 1 aliphatic heterocycles. The van der Waals surface area contributed by atoms with E-state index < -0.39 is 4.92 Å². The first-order valence-electron chi connectivity index (χ1n) is 6.59. The largest absolute Gasteiger partial charge is 0.476 e. The highest BCUT2D eigenvalue weighted by Crippen LogP contribution is 2.21. The minimum absolute atomic E-state index is 0.105. The molecule has 2 heterocycles. The Balaban J connectivity index is 2.08. The molecule has 9 heteroatoms. The van der Waals surface area contributed by atoms with E-state index in [1.807, 2.05) is 0 Å². The summed E-state index contributed by atoms with van der Waals surface area (Å²) in [6.45, 7) is 3.22. The number of oxime groups is 1. The second kappa shape index (κ2) is 6.84. The predicted octanol–water partition coefficient (Wildman–Crippen LogP) is 0.559. The first-order chi connectivity index (χ1) is 10.1. The Hall–Kier alpha value is -2.42. The smallest absolute Gasteiger partial charge is 0.288 e. The summed E-state index contributed by atoms with van der Waals surface area (Å²) in [5, 5.41) is 22.3. The van der Waals surface area contributed by atoms with Crippen LogP contribution in [0, 0.1) is 10.1 Å². The van der Waals surface area contributed by atoms with Crippen LogP contribution in [0.1, 0.15) is 18.4 Å². The van der Waals surface area contributed by atoms with Crippen molar-refractivity contribution in [3.05, 3.63) is 27.9 Å². The number of nitrogens with two attached hydrogens (primary N) is 1. The van der Waals surface area contributed by atoms with Gasteiger partial charge in [-0.25, -0.2) is 4.98 Å². The molecule has 0 aromatic carbocycles. The Kier molecular flexibility index (Phi) is 4.88. The Morgan fingerprint density at radius 3 is 2.90 bits per heavy atom. The molecule has 114 valence electrons. The fourth-order valence-corrected chi connectivity index (χ4v) is 2.17. The summed E-state index contributed by atoms with van der Waals surface area (Å²) in [4.78, 5) is 16.3. The SMILES string of the molecule is NC(=NO)c1cc([N+](=O)[O-])cnc1OCCN1CCCC1. The zero-order chi connectivity index (χ0) is 15.2. The molecule has 0 radical (unpaired) electrons. The van der Waals surface area contributed by atoms with Crippen molar-refractivity contribution in [3.8, 4) is 5.88 Å². The molecule has 3 N–H and O–H groups in total. The van der Waals surface area contributed by atoms with E-state index in [-0.39, 0.29) is 23.0 Å². The number of hydrogen-bond donors (Lipinski definition) is 2. The lowest BCUT2D eigenvalue weighted by atomic mass is 10.2. The highest BCUT2D eigenvalue weighted by molar-refractivity contribution is 5.99. The minimum Gasteiger partial charge on any atom is -0.476 e. The van der Waals surface area contributed by atoms with Gasteiger partial charge in [-0.1, -0.05) is 5.16 Å². The molecule has 1 aliphatic rings. The molecule has 0 aliphatic carbocycles. The number of nitro groups is 1. The molecular weight excluding hydrogens is 278 g/mol. The Bertz CT molecular complexity index is 542. The van der Waals surface area contributed by atoms with Crippen LogP contribution in [-0.4, -0.2) is 52.1 Å². The summed E-state index contributed by atoms with van der Waals surface area (Å²) in [6, 6.07) is 1.17. The molecular formula is C12H17N5O4. The van der Waals surface area contributed by atoms with Crippen LogP contribution in [0.4, 0.5) is 5.69 Å². The number of aromatic nitrogens is 1. The predicted molar refractivity (Wildman–Crippen MR) is 74.6 cm³/mol. The molecule has 0 atom stereocenters. The minimum atomic E-state index is -0.602. The monoisotopic (exact) mass is 295 g/mol. The summed E-state index contributed by atoms with van der Waals surface area (Å²) in [5.74, 6) is -0.155. The molecule has 1 saturated heterocycles. The normalized spacial score (nSPS) is 16.1. The molecule has 0 unspecified atom stereocenters. The molecule has 21 heavy (non-hydrogen) atoms. The summed E-state index contributed by atoms with van der Waals surface area (Å²) >= 11 is 0. The first-order valence-corrected chi connectivity index (χ1v) is 6.59. The summed E-state index contributed by atoms with van der Waals surface area (Å²) < 4.78 is 5.51. The van der Waals surface area contributed by atoms with E-state index in [1.54, 1.807) is 0 Å². The van der Waals surface area contributed by atoms with Crippen LogP contribution in [0.15, 0.2) is 17.4 Å². The van der Waals surface area contributed by atoms with E-state index in [0.29, 0.717) is 6.61 Å². The number of pyridine rings is 1. The highest BCUT2D eigenvalue weighted by atomic mass is 16.6. The number of likely N-dealkylation sites (tertiary alicyclic amines) is 1. The maximum Gasteiger partial charge on any atom is 0.288 e. The van der Waals surface area contributed by atoms with Crippen LogP contribution < -0.4 is 10.5 Å². The number of rotatable bonds is 6. The van der Waals surface area contributed by atoms with Gasteiger partial charge in [0.25, 0.3) is 5.69 Å². The Labute approximate surface area is 121 Å². The molecule has 0 amide bonds. The van der Waals surface area contributed by atoms with Crippen LogP contribution >= 0.6 is 0 Å². The van der Waals surface area contributed by atoms with E-state index in [1.165, 1.54) is 18.9 Å². The van der Waals surface area contributed by atoms with Gasteiger partial charge in [0.05, 0.1) is 10.5 Å². The van der Waals surface area contributed by atoms with E-state index in [4.69, 9.17) is 15.7 Å². The van der Waals surface area contributed by atoms with Gasteiger partial charge in [-0.3, -0.25) is 15.0 Å². The molecule has 0 bridgehead atoms. The number of nitrogens with zero attached hydrogens (tertiary/aromatic N) is 4. The van der Waals surface area contributed by atoms with E-state index in [2.05, 4.69) is 15.0 Å². The van der Waals surface area contributed by atoms with Gasteiger partial charge >= 0.3 is 0 Å². The summed E-state index contributed by atoms with van der Waals surface area (Å²) in [6.07, 6.45) is 3.45. The van der Waals surface area contributed by atoms with Crippen molar-refractivity contribution in [1.29, 1.82) is 0 Å². The van der Waals surface area contributed by atoms with Crippen LogP contribution in [0.25, 0.3) is 0 Å². The summed E-state index contributed by atoms with van der Waals surface area (Å²) in [5.41, 5.74) is 5.36. The average molecular weight is 295 g/mol. The van der Waals surface area contributed by atoms with Crippen LogP contribution in [0.5, 0.6) is 5.88 Å². The summed E-state index contributed by atoms with van der Waals surface area (Å²) in [7, 11) is 0. The van der Waals surface area contributed by atoms with E-state index >= 15 is 0 Å². The molecule has 2 rings (SSSR count). The van der Waals surface area contributed by atoms with Gasteiger partial charge in [-0.2, -0.15) is 0 Å². The van der Waals surface area contributed by atoms with E-state index in [9.17, 15) is 10.1 Å². The van der Waals surface area contributed by atoms with Crippen molar-refractivity contribution in [1.82, 2.24) is 9.88 Å². The fraction of sp³-hybridized carbons (Fsp3) is 0.500. The zero-order valence-electron chi connectivity index (χ0n) is 11.4. The Morgan fingerprint density at radius 2 is 2.29 bits per heavy atom. The van der Waals surface area contributed by atoms with Crippen molar-refractivity contribution >= 4 is 11.5 Å². The van der Waals surface area contributed by atoms with Crippen molar-refractivity contribution in [2.24, 2.45) is 10.9 Å². The molecule has 0 spiro atoms. The van der Waals surface area contributed by atoms with Crippen LogP contribution in [0.3, 0.4) is 0 Å². The fourth-order valence-electron chi connectivity index (χ4n) is 2.17. The Morgan fingerprint density at radius 1 is 1.57 bits per heavy atom. The van der Waals surface area contributed by atoms with Crippen molar-refractivity contribution in [2.45, 2.75) is 12.8 Å². The maximum absolute atomic E-state index is 10.7. The van der Waals surface area contributed by atoms with Crippen molar-refractivity contribution in [2.75, 3.05) is 26.2 Å². The number of hydrogen-bond acceptors (Lipinski definition) is 7. The topological polar surface area (TPSA) is 127 Å². The third kappa shape index (κ3) is 3.78. The standard InChI is InChI=1S/C12H17N5O4/c13-11(15-18)10-7-9(17(19)20)8-14-12(10)21-6-5-16-3-1-2-4-16/h7-8,18H,1-6H2,(H2,13,15). The lowest BCUT2D eigenvalue weighted by molar-refractivity contribution is -0.385. The van der Waals surface area contributed by atoms with Crippen LogP contribution in [-0.2, 0) is 0 Å². The van der Waals surface area contributed by atoms with Gasteiger partial charge in [-0.05, 0) is 25.9 Å². The lowest BCUT2D eigenvalue weighted by Crippen LogP contribution is -2.26. The van der Waals surface area contributed by atoms with Crippen molar-refractivity contribution < 1.29 is 14.9 Å². The molecule has 1 aromatic rings. The van der Waals surface area contributed by atoms with Gasteiger partial charge in [-0.15, -0.1) is 0 Å². The number of ether oxygens (including phenoxy) is 1. The van der Waals surface area contributed by atoms with Crippen LogP contribution in [0.2, 0.25) is 0 Å². The van der Waals surface area contributed by atoms with Gasteiger partial charge in [0.1, 0.15) is 12.8 Å². The third-order valence-electron chi connectivity index (χ3n) is 3.28. The average Bonchev–Trinajstić information content (AvgIpc) is 2.99. The van der Waals surface area contributed by atoms with Crippen molar-refractivity contribution in [3.63, 3.8) is 0 Å². The molecule has 0 saturated carbocycles. The van der Waals surface area contributed by atoms with Gasteiger partial charge < -0.3 is 15.7 Å². The molecule has 1 fully saturated rings. The zero-order valence-corrected chi connectivity index (χ0v) is 11.4. The number of amidine groups is 1. The van der Waals surface area contributed by atoms with Gasteiger partial charge in [0.2, 0.25) is 5.88 Å². The van der Waals surface area contributed by atoms with E-state index in [0.717, 1.165) is 25.8 Å². The lowest BCUT2D eigenvalue weighted by Gasteiger charge is -2.15.